The Balaban J connectivity index is 1.40. The quantitative estimate of drug-likeness (QED) is 0.226. The average Bonchev–Trinajstić information content (AvgIpc) is 3.05. The van der Waals surface area contributed by atoms with E-state index in [0.717, 1.165) is 56.6 Å². The van der Waals surface area contributed by atoms with Gasteiger partial charge in [0.1, 0.15) is 28.7 Å². The molecule has 1 spiro atoms. The summed E-state index contributed by atoms with van der Waals surface area (Å²) >= 11 is 0. The molecule has 0 fully saturated rings. The molecule has 5 aromatic rings. The summed E-state index contributed by atoms with van der Waals surface area (Å²) in [6, 6.07) is 39.2. The molecule has 0 amide bonds. The van der Waals surface area contributed by atoms with E-state index in [2.05, 4.69) is 54.5 Å². The molecule has 40 heavy (non-hydrogen) atoms. The molecule has 8 rings (SSSR count). The van der Waals surface area contributed by atoms with Crippen LogP contribution >= 0.6 is 8.53 Å². The number of hydrogen-bond donors (Lipinski definition) is 1. The van der Waals surface area contributed by atoms with Crippen molar-refractivity contribution in [2.75, 3.05) is 0 Å². The summed E-state index contributed by atoms with van der Waals surface area (Å²) < 4.78 is 26.6. The van der Waals surface area contributed by atoms with Crippen molar-refractivity contribution in [1.29, 1.82) is 0 Å². The summed E-state index contributed by atoms with van der Waals surface area (Å²) in [4.78, 5) is 0. The third-order valence-electron chi connectivity index (χ3n) is 7.99. The van der Waals surface area contributed by atoms with Gasteiger partial charge in [0.15, 0.2) is 0 Å². The molecule has 6 heteroatoms. The van der Waals surface area contributed by atoms with Crippen molar-refractivity contribution in [3.8, 4) is 28.7 Å². The minimum atomic E-state index is -1.52. The number of ether oxygens (including phenoxy) is 2. The van der Waals surface area contributed by atoms with Crippen molar-refractivity contribution < 1.29 is 18.5 Å². The molecule has 0 aromatic heterocycles. The number of para-hydroxylation sites is 2. The highest BCUT2D eigenvalue weighted by Crippen LogP contribution is 2.65. The summed E-state index contributed by atoms with van der Waals surface area (Å²) in [7, 11) is -1.52. The van der Waals surface area contributed by atoms with Crippen molar-refractivity contribution >= 4 is 8.53 Å². The van der Waals surface area contributed by atoms with Crippen LogP contribution in [0.5, 0.6) is 28.7 Å². The molecule has 1 N–H and O–H groups in total. The third-order valence-corrected chi connectivity index (χ3v) is 9.31. The van der Waals surface area contributed by atoms with Gasteiger partial charge in [0, 0.05) is 22.7 Å². The lowest BCUT2D eigenvalue weighted by molar-refractivity contribution is 0.291. The molecular formula is C34H26NO4P. The molecule has 1 unspecified atom stereocenters. The fourth-order valence-corrected chi connectivity index (χ4v) is 7.54. The van der Waals surface area contributed by atoms with Crippen LogP contribution in [0.15, 0.2) is 115 Å². The number of hydrogen-bond acceptors (Lipinski definition) is 5. The van der Waals surface area contributed by atoms with Gasteiger partial charge in [0.05, 0.1) is 17.6 Å². The zero-order chi connectivity index (χ0) is 26.7. The molecule has 196 valence electrons. The standard InChI is InChI=1S/C34H26NO4P/c1-22(23-11-3-2-4-12-23)35-40-36-21-24-13-9-18-29-32(24)34(25-14-5-7-16-27(25)37-29)26-15-6-8-17-28(26)38-30-19-10-20-31(39-40)33(30)34/h2-20,22,35H,21H2,1H3/t22-,34+,40?/m1/s1. The molecular weight excluding hydrogens is 517 g/mol. The lowest BCUT2D eigenvalue weighted by Crippen LogP contribution is -2.38. The average molecular weight is 544 g/mol. The number of rotatable bonds is 3. The van der Waals surface area contributed by atoms with Crippen molar-refractivity contribution in [2.24, 2.45) is 0 Å². The summed E-state index contributed by atoms with van der Waals surface area (Å²) in [5.41, 5.74) is 5.64. The maximum atomic E-state index is 6.82. The van der Waals surface area contributed by atoms with Crippen LogP contribution in [-0.2, 0) is 16.5 Å². The van der Waals surface area contributed by atoms with Crippen LogP contribution in [0.1, 0.15) is 46.3 Å². The monoisotopic (exact) mass is 543 g/mol. The predicted molar refractivity (Wildman–Crippen MR) is 155 cm³/mol. The van der Waals surface area contributed by atoms with E-state index in [0.29, 0.717) is 6.61 Å². The number of fused-ring (bicyclic) bond motifs is 2. The Labute approximate surface area is 234 Å². The predicted octanol–water partition coefficient (Wildman–Crippen LogP) is 8.77. The van der Waals surface area contributed by atoms with E-state index in [1.807, 2.05) is 72.8 Å². The highest BCUT2D eigenvalue weighted by molar-refractivity contribution is 7.45. The molecule has 5 aromatic carbocycles. The van der Waals surface area contributed by atoms with Crippen LogP contribution in [-0.4, -0.2) is 0 Å². The van der Waals surface area contributed by atoms with Gasteiger partial charge in [-0.05, 0) is 48.4 Å². The van der Waals surface area contributed by atoms with Gasteiger partial charge in [0.25, 0.3) is 0 Å². The molecule has 0 aliphatic carbocycles. The Morgan fingerprint density at radius 3 is 1.93 bits per heavy atom. The second-order valence-corrected chi connectivity index (χ2v) is 11.5. The van der Waals surface area contributed by atoms with Crippen LogP contribution < -0.4 is 19.1 Å². The summed E-state index contributed by atoms with van der Waals surface area (Å²) in [5, 5.41) is 3.62. The first-order valence-corrected chi connectivity index (χ1v) is 14.6. The molecule has 3 atom stereocenters. The fourth-order valence-electron chi connectivity index (χ4n) is 6.31. The van der Waals surface area contributed by atoms with E-state index in [9.17, 15) is 0 Å². The first-order valence-electron chi connectivity index (χ1n) is 13.5. The van der Waals surface area contributed by atoms with Gasteiger partial charge in [-0.25, -0.2) is 5.09 Å². The zero-order valence-electron chi connectivity index (χ0n) is 21.8. The molecule has 0 saturated heterocycles. The van der Waals surface area contributed by atoms with Crippen LogP contribution in [0.3, 0.4) is 0 Å². The van der Waals surface area contributed by atoms with E-state index in [-0.39, 0.29) is 6.04 Å². The van der Waals surface area contributed by atoms with Crippen LogP contribution in [0, 0.1) is 0 Å². The molecule has 5 nitrogen and oxygen atoms in total. The molecule has 0 bridgehead atoms. The van der Waals surface area contributed by atoms with Crippen LogP contribution in [0.2, 0.25) is 0 Å². The fraction of sp³-hybridized carbons (Fsp3) is 0.118. The maximum Gasteiger partial charge on any atom is 0.319 e. The van der Waals surface area contributed by atoms with Gasteiger partial charge in [-0.15, -0.1) is 0 Å². The molecule has 0 saturated carbocycles. The Kier molecular flexibility index (Phi) is 5.46. The third kappa shape index (κ3) is 3.45. The van der Waals surface area contributed by atoms with E-state index < -0.39 is 13.9 Å². The lowest BCUT2D eigenvalue weighted by Gasteiger charge is -2.45. The Morgan fingerprint density at radius 2 is 1.20 bits per heavy atom. The van der Waals surface area contributed by atoms with Gasteiger partial charge in [-0.3, -0.25) is 0 Å². The molecule has 3 heterocycles. The highest BCUT2D eigenvalue weighted by Gasteiger charge is 2.53. The van der Waals surface area contributed by atoms with Gasteiger partial charge < -0.3 is 18.5 Å². The van der Waals surface area contributed by atoms with Gasteiger partial charge in [0.2, 0.25) is 0 Å². The van der Waals surface area contributed by atoms with Gasteiger partial charge in [-0.1, -0.05) is 84.9 Å². The van der Waals surface area contributed by atoms with E-state index in [1.54, 1.807) is 0 Å². The van der Waals surface area contributed by atoms with Crippen molar-refractivity contribution in [1.82, 2.24) is 5.09 Å². The Hall–Kier alpha value is -4.15. The Morgan fingerprint density at radius 1 is 0.625 bits per heavy atom. The Bertz CT molecular complexity index is 1720. The van der Waals surface area contributed by atoms with Crippen LogP contribution in [0.25, 0.3) is 0 Å². The zero-order valence-corrected chi connectivity index (χ0v) is 22.7. The van der Waals surface area contributed by atoms with Crippen LogP contribution in [0.4, 0.5) is 0 Å². The summed E-state index contributed by atoms with van der Waals surface area (Å²) in [5.74, 6) is 3.95. The van der Waals surface area contributed by atoms with Gasteiger partial charge >= 0.3 is 8.53 Å². The number of nitrogens with one attached hydrogen (secondary N) is 1. The molecule has 3 aliphatic heterocycles. The highest BCUT2D eigenvalue weighted by atomic mass is 31.2. The van der Waals surface area contributed by atoms with Crippen molar-refractivity contribution in [3.63, 3.8) is 0 Å². The minimum Gasteiger partial charge on any atom is -0.457 e. The summed E-state index contributed by atoms with van der Waals surface area (Å²) in [6.45, 7) is 2.49. The van der Waals surface area contributed by atoms with Gasteiger partial charge in [-0.2, -0.15) is 0 Å². The van der Waals surface area contributed by atoms with E-state index >= 15 is 0 Å². The summed E-state index contributed by atoms with van der Waals surface area (Å²) in [6.07, 6.45) is 0. The maximum absolute atomic E-state index is 6.82. The lowest BCUT2D eigenvalue weighted by atomic mass is 9.61. The SMILES string of the molecule is C[C@@H](NP1OCc2cccc3c2[C@]2(c4ccccc4O3)c3ccccc3Oc3cccc(c32)O1)c1ccccc1. The van der Waals surface area contributed by atoms with Crippen molar-refractivity contribution in [2.45, 2.75) is 25.0 Å². The smallest absolute Gasteiger partial charge is 0.319 e. The largest absolute Gasteiger partial charge is 0.457 e. The van der Waals surface area contributed by atoms with Crippen molar-refractivity contribution in [3.05, 3.63) is 149 Å². The first-order chi connectivity index (χ1) is 19.7. The topological polar surface area (TPSA) is 49.0 Å². The molecule has 3 aliphatic rings. The normalized spacial score (nSPS) is 20.4. The number of benzene rings is 5. The second kappa shape index (κ2) is 9.21. The minimum absolute atomic E-state index is 0.0277. The second-order valence-electron chi connectivity index (χ2n) is 10.2. The van der Waals surface area contributed by atoms with E-state index in [1.165, 1.54) is 5.56 Å². The first kappa shape index (κ1) is 23.7. The molecule has 0 radical (unpaired) electrons. The van der Waals surface area contributed by atoms with E-state index in [4.69, 9.17) is 18.5 Å².